The van der Waals surface area contributed by atoms with Gasteiger partial charge in [0.15, 0.2) is 0 Å². The van der Waals surface area contributed by atoms with E-state index in [1.165, 1.54) is 25.7 Å². The van der Waals surface area contributed by atoms with Crippen LogP contribution in [0, 0.1) is 11.3 Å². The van der Waals surface area contributed by atoms with Gasteiger partial charge in [-0.3, -0.25) is 4.79 Å². The molecule has 1 fully saturated rings. The highest BCUT2D eigenvalue weighted by Gasteiger charge is 2.30. The second kappa shape index (κ2) is 6.40. The third-order valence-corrected chi connectivity index (χ3v) is 4.64. The van der Waals surface area contributed by atoms with Crippen LogP contribution in [0.5, 0.6) is 0 Å². The molecule has 1 aromatic rings. The molecule has 2 unspecified atom stereocenters. The number of nitrogens with two attached hydrogens (primary N) is 1. The van der Waals surface area contributed by atoms with Crippen molar-refractivity contribution in [1.29, 1.82) is 0 Å². The molecule has 2 rings (SSSR count). The molecule has 3 N–H and O–H groups in total. The SMILES string of the molecule is CC(C(=O)NCC1(C)CCCC1)C(N)c1ccccc1. The Kier molecular flexibility index (Phi) is 4.81. The van der Waals surface area contributed by atoms with Crippen LogP contribution in [0.4, 0.5) is 0 Å². The van der Waals surface area contributed by atoms with Crippen molar-refractivity contribution in [2.75, 3.05) is 6.54 Å². The summed E-state index contributed by atoms with van der Waals surface area (Å²) in [6, 6.07) is 9.59. The molecule has 1 aliphatic rings. The zero-order valence-corrected chi connectivity index (χ0v) is 12.6. The molecule has 110 valence electrons. The van der Waals surface area contributed by atoms with E-state index in [1.807, 2.05) is 37.3 Å². The van der Waals surface area contributed by atoms with E-state index in [9.17, 15) is 4.79 Å². The number of hydrogen-bond acceptors (Lipinski definition) is 2. The number of amides is 1. The summed E-state index contributed by atoms with van der Waals surface area (Å²) >= 11 is 0. The highest BCUT2D eigenvalue weighted by atomic mass is 16.1. The number of benzene rings is 1. The molecule has 1 aromatic carbocycles. The number of hydrogen-bond donors (Lipinski definition) is 2. The van der Waals surface area contributed by atoms with Crippen molar-refractivity contribution >= 4 is 5.91 Å². The predicted octanol–water partition coefficient (Wildman–Crippen LogP) is 3.02. The van der Waals surface area contributed by atoms with Gasteiger partial charge in [0.1, 0.15) is 0 Å². The Morgan fingerprint density at radius 2 is 1.90 bits per heavy atom. The lowest BCUT2D eigenvalue weighted by atomic mass is 9.88. The summed E-state index contributed by atoms with van der Waals surface area (Å²) in [6.07, 6.45) is 5.00. The molecular weight excluding hydrogens is 248 g/mol. The summed E-state index contributed by atoms with van der Waals surface area (Å²) in [5.41, 5.74) is 7.50. The lowest BCUT2D eigenvalue weighted by Gasteiger charge is -2.26. The van der Waals surface area contributed by atoms with Crippen molar-refractivity contribution < 1.29 is 4.79 Å². The van der Waals surface area contributed by atoms with Gasteiger partial charge in [-0.2, -0.15) is 0 Å². The van der Waals surface area contributed by atoms with Gasteiger partial charge in [-0.05, 0) is 23.8 Å². The van der Waals surface area contributed by atoms with Crippen molar-refractivity contribution in [3.63, 3.8) is 0 Å². The van der Waals surface area contributed by atoms with Crippen LogP contribution in [0.3, 0.4) is 0 Å². The van der Waals surface area contributed by atoms with E-state index in [0.717, 1.165) is 12.1 Å². The fourth-order valence-corrected chi connectivity index (χ4v) is 2.99. The lowest BCUT2D eigenvalue weighted by molar-refractivity contribution is -0.125. The molecule has 2 atom stereocenters. The highest BCUT2D eigenvalue weighted by molar-refractivity contribution is 5.79. The van der Waals surface area contributed by atoms with Gasteiger partial charge in [0.05, 0.1) is 5.92 Å². The van der Waals surface area contributed by atoms with E-state index in [4.69, 9.17) is 5.73 Å². The number of carbonyl (C=O) groups excluding carboxylic acids is 1. The standard InChI is InChI=1S/C17H26N2O/c1-13(15(18)14-8-4-3-5-9-14)16(20)19-12-17(2)10-6-7-11-17/h3-5,8-9,13,15H,6-7,10-12,18H2,1-2H3,(H,19,20). The monoisotopic (exact) mass is 274 g/mol. The fraction of sp³-hybridized carbons (Fsp3) is 0.588. The molecule has 3 nitrogen and oxygen atoms in total. The number of carbonyl (C=O) groups is 1. The Labute approximate surface area is 121 Å². The molecule has 20 heavy (non-hydrogen) atoms. The largest absolute Gasteiger partial charge is 0.355 e. The first-order chi connectivity index (χ1) is 9.52. The highest BCUT2D eigenvalue weighted by Crippen LogP contribution is 2.36. The van der Waals surface area contributed by atoms with Crippen molar-refractivity contribution in [3.8, 4) is 0 Å². The van der Waals surface area contributed by atoms with Crippen molar-refractivity contribution in [3.05, 3.63) is 35.9 Å². The summed E-state index contributed by atoms with van der Waals surface area (Å²) in [6.45, 7) is 4.95. The van der Waals surface area contributed by atoms with Gasteiger partial charge in [0.2, 0.25) is 5.91 Å². The van der Waals surface area contributed by atoms with Gasteiger partial charge in [0.25, 0.3) is 0 Å². The molecule has 0 aromatic heterocycles. The van der Waals surface area contributed by atoms with E-state index in [2.05, 4.69) is 12.2 Å². The summed E-state index contributed by atoms with van der Waals surface area (Å²) in [5, 5.41) is 3.10. The fourth-order valence-electron chi connectivity index (χ4n) is 2.99. The summed E-state index contributed by atoms with van der Waals surface area (Å²) in [7, 11) is 0. The van der Waals surface area contributed by atoms with Crippen molar-refractivity contribution in [1.82, 2.24) is 5.32 Å². The molecule has 0 heterocycles. The first-order valence-electron chi connectivity index (χ1n) is 7.60. The first-order valence-corrected chi connectivity index (χ1v) is 7.60. The molecule has 0 saturated heterocycles. The molecule has 3 heteroatoms. The molecule has 0 spiro atoms. The van der Waals surface area contributed by atoms with Crippen LogP contribution in [0.1, 0.15) is 51.1 Å². The lowest BCUT2D eigenvalue weighted by Crippen LogP contribution is -2.40. The number of nitrogens with one attached hydrogen (secondary N) is 1. The summed E-state index contributed by atoms with van der Waals surface area (Å²) < 4.78 is 0. The molecule has 0 bridgehead atoms. The van der Waals surface area contributed by atoms with Crippen LogP contribution in [0.15, 0.2) is 30.3 Å². The maximum absolute atomic E-state index is 12.3. The molecular formula is C17H26N2O. The summed E-state index contributed by atoms with van der Waals surface area (Å²) in [5.74, 6) is -0.142. The molecule has 1 aliphatic carbocycles. The maximum atomic E-state index is 12.3. The van der Waals surface area contributed by atoms with Crippen LogP contribution in [-0.4, -0.2) is 12.5 Å². The predicted molar refractivity (Wildman–Crippen MR) is 82.1 cm³/mol. The Morgan fingerprint density at radius 3 is 2.50 bits per heavy atom. The molecule has 1 saturated carbocycles. The molecule has 0 aliphatic heterocycles. The minimum atomic E-state index is -0.243. The van der Waals surface area contributed by atoms with Gasteiger partial charge in [-0.15, -0.1) is 0 Å². The summed E-state index contributed by atoms with van der Waals surface area (Å²) in [4.78, 5) is 12.3. The quantitative estimate of drug-likeness (QED) is 0.867. The zero-order valence-electron chi connectivity index (χ0n) is 12.6. The van der Waals surface area contributed by atoms with E-state index in [-0.39, 0.29) is 23.3 Å². The van der Waals surface area contributed by atoms with Crippen molar-refractivity contribution in [2.45, 2.75) is 45.6 Å². The Hall–Kier alpha value is -1.35. The second-order valence-corrected chi connectivity index (χ2v) is 6.46. The van der Waals surface area contributed by atoms with Gasteiger partial charge >= 0.3 is 0 Å². The third kappa shape index (κ3) is 3.60. The first kappa shape index (κ1) is 15.0. The topological polar surface area (TPSA) is 55.1 Å². The maximum Gasteiger partial charge on any atom is 0.224 e. The van der Waals surface area contributed by atoms with E-state index in [0.29, 0.717) is 0 Å². The van der Waals surface area contributed by atoms with Gasteiger partial charge in [-0.1, -0.05) is 57.0 Å². The third-order valence-electron chi connectivity index (χ3n) is 4.64. The average Bonchev–Trinajstić information content (AvgIpc) is 2.91. The number of rotatable bonds is 5. The van der Waals surface area contributed by atoms with Crippen LogP contribution in [0.25, 0.3) is 0 Å². The average molecular weight is 274 g/mol. The van der Waals surface area contributed by atoms with Crippen LogP contribution < -0.4 is 11.1 Å². The zero-order chi connectivity index (χ0) is 14.6. The van der Waals surface area contributed by atoms with Crippen molar-refractivity contribution in [2.24, 2.45) is 17.1 Å². The van der Waals surface area contributed by atoms with Gasteiger partial charge < -0.3 is 11.1 Å². The van der Waals surface area contributed by atoms with Crippen LogP contribution in [0.2, 0.25) is 0 Å². The Balaban J connectivity index is 1.88. The normalized spacial score (nSPS) is 20.4. The van der Waals surface area contributed by atoms with E-state index < -0.39 is 0 Å². The van der Waals surface area contributed by atoms with Crippen LogP contribution >= 0.6 is 0 Å². The van der Waals surface area contributed by atoms with Gasteiger partial charge in [-0.25, -0.2) is 0 Å². The van der Waals surface area contributed by atoms with E-state index >= 15 is 0 Å². The van der Waals surface area contributed by atoms with Gasteiger partial charge in [0, 0.05) is 12.6 Å². The molecule has 0 radical (unpaired) electrons. The molecule has 1 amide bonds. The Morgan fingerprint density at radius 1 is 1.30 bits per heavy atom. The second-order valence-electron chi connectivity index (χ2n) is 6.46. The smallest absolute Gasteiger partial charge is 0.224 e. The van der Waals surface area contributed by atoms with E-state index in [1.54, 1.807) is 0 Å². The van der Waals surface area contributed by atoms with Crippen LogP contribution in [-0.2, 0) is 4.79 Å². The minimum absolute atomic E-state index is 0.0643. The minimum Gasteiger partial charge on any atom is -0.355 e. The Bertz CT molecular complexity index is 438.